The molecule has 3 fully saturated rings. The summed E-state index contributed by atoms with van der Waals surface area (Å²) in [7, 11) is 0. The fourth-order valence-corrected chi connectivity index (χ4v) is 4.90. The van der Waals surface area contributed by atoms with Gasteiger partial charge in [-0.15, -0.1) is 0 Å². The predicted molar refractivity (Wildman–Crippen MR) is 129 cm³/mol. The van der Waals surface area contributed by atoms with E-state index in [-0.39, 0.29) is 17.9 Å². The SMILES string of the molecule is Cc1ccccc1N1CCN(C(=O)c2ccc(OC3CCN(C(=O)C4CC4)CC3)cc2)CC1. The van der Waals surface area contributed by atoms with Gasteiger partial charge in [0.05, 0.1) is 0 Å². The Hall–Kier alpha value is -3.02. The van der Waals surface area contributed by atoms with Crippen molar-refractivity contribution >= 4 is 17.5 Å². The van der Waals surface area contributed by atoms with Crippen LogP contribution in [0.15, 0.2) is 48.5 Å². The maximum Gasteiger partial charge on any atom is 0.253 e. The molecule has 0 radical (unpaired) electrons. The van der Waals surface area contributed by atoms with Gasteiger partial charge in [0.25, 0.3) is 5.91 Å². The second-order valence-corrected chi connectivity index (χ2v) is 9.51. The molecule has 0 aromatic heterocycles. The number of hydrogen-bond donors (Lipinski definition) is 0. The maximum absolute atomic E-state index is 13.0. The summed E-state index contributed by atoms with van der Waals surface area (Å²) in [5.74, 6) is 1.50. The highest BCUT2D eigenvalue weighted by Crippen LogP contribution is 2.32. The van der Waals surface area contributed by atoms with Crippen LogP contribution in [0.4, 0.5) is 5.69 Å². The summed E-state index contributed by atoms with van der Waals surface area (Å²) in [6.45, 7) is 6.84. The van der Waals surface area contributed by atoms with E-state index in [1.54, 1.807) is 0 Å². The summed E-state index contributed by atoms with van der Waals surface area (Å²) in [5, 5.41) is 0. The van der Waals surface area contributed by atoms with E-state index in [4.69, 9.17) is 4.74 Å². The summed E-state index contributed by atoms with van der Waals surface area (Å²) in [4.78, 5) is 31.5. The molecular weight excluding hydrogens is 414 g/mol. The van der Waals surface area contributed by atoms with Crippen LogP contribution in [-0.2, 0) is 4.79 Å². The summed E-state index contributed by atoms with van der Waals surface area (Å²) < 4.78 is 6.14. The number of carbonyl (C=O) groups is 2. The third-order valence-electron chi connectivity index (χ3n) is 7.11. The number of amides is 2. The molecule has 0 bridgehead atoms. The normalized spacial score (nSPS) is 19.5. The number of rotatable bonds is 5. The van der Waals surface area contributed by atoms with Crippen LogP contribution in [0.5, 0.6) is 5.75 Å². The molecule has 5 rings (SSSR count). The van der Waals surface area contributed by atoms with E-state index >= 15 is 0 Å². The van der Waals surface area contributed by atoms with Crippen LogP contribution in [0.25, 0.3) is 0 Å². The lowest BCUT2D eigenvalue weighted by Gasteiger charge is -2.37. The monoisotopic (exact) mass is 447 g/mol. The van der Waals surface area contributed by atoms with Crippen molar-refractivity contribution < 1.29 is 14.3 Å². The molecule has 2 heterocycles. The number of likely N-dealkylation sites (tertiary alicyclic amines) is 1. The van der Waals surface area contributed by atoms with Gasteiger partial charge in [-0.25, -0.2) is 0 Å². The molecule has 6 nitrogen and oxygen atoms in total. The molecule has 174 valence electrons. The second-order valence-electron chi connectivity index (χ2n) is 9.51. The Morgan fingerprint density at radius 3 is 2.09 bits per heavy atom. The molecular formula is C27H33N3O3. The zero-order valence-corrected chi connectivity index (χ0v) is 19.4. The van der Waals surface area contributed by atoms with Crippen molar-refractivity contribution in [2.75, 3.05) is 44.2 Å². The second kappa shape index (κ2) is 9.46. The van der Waals surface area contributed by atoms with Crippen molar-refractivity contribution in [1.82, 2.24) is 9.80 Å². The number of carbonyl (C=O) groups excluding carboxylic acids is 2. The predicted octanol–water partition coefficient (Wildman–Crippen LogP) is 3.74. The molecule has 2 saturated heterocycles. The number of piperazine rings is 1. The number of aryl methyl sites for hydroxylation is 1. The number of piperidine rings is 1. The van der Waals surface area contributed by atoms with E-state index in [0.29, 0.717) is 11.5 Å². The standard InChI is InChI=1S/C27H33N3O3/c1-20-4-2-3-5-25(20)28-16-18-30(19-17-28)27(32)22-8-10-23(11-9-22)33-24-12-14-29(15-13-24)26(31)21-6-7-21/h2-5,8-11,21,24H,6-7,12-19H2,1H3. The van der Waals surface area contributed by atoms with Crippen molar-refractivity contribution in [2.24, 2.45) is 5.92 Å². The van der Waals surface area contributed by atoms with Gasteiger partial charge < -0.3 is 19.4 Å². The van der Waals surface area contributed by atoms with E-state index in [1.807, 2.05) is 34.1 Å². The molecule has 2 aromatic carbocycles. The van der Waals surface area contributed by atoms with Crippen LogP contribution in [0.1, 0.15) is 41.6 Å². The molecule has 0 N–H and O–H groups in total. The van der Waals surface area contributed by atoms with E-state index < -0.39 is 0 Å². The van der Waals surface area contributed by atoms with E-state index in [9.17, 15) is 9.59 Å². The number of nitrogens with zero attached hydrogens (tertiary/aromatic N) is 3. The van der Waals surface area contributed by atoms with Crippen molar-refractivity contribution in [3.8, 4) is 5.75 Å². The largest absolute Gasteiger partial charge is 0.490 e. The van der Waals surface area contributed by atoms with Gasteiger partial charge in [-0.05, 0) is 55.7 Å². The number of benzene rings is 2. The molecule has 6 heteroatoms. The Kier molecular flexibility index (Phi) is 6.25. The first-order valence-corrected chi connectivity index (χ1v) is 12.2. The van der Waals surface area contributed by atoms with Gasteiger partial charge >= 0.3 is 0 Å². The van der Waals surface area contributed by atoms with Crippen LogP contribution in [-0.4, -0.2) is 67.0 Å². The van der Waals surface area contributed by atoms with Crippen LogP contribution >= 0.6 is 0 Å². The number of hydrogen-bond acceptors (Lipinski definition) is 4. The fraction of sp³-hybridized carbons (Fsp3) is 0.481. The molecule has 2 amide bonds. The zero-order chi connectivity index (χ0) is 22.8. The molecule has 2 aromatic rings. The molecule has 3 aliphatic rings. The minimum Gasteiger partial charge on any atom is -0.490 e. The highest BCUT2D eigenvalue weighted by atomic mass is 16.5. The van der Waals surface area contributed by atoms with E-state index in [0.717, 1.165) is 70.7 Å². The van der Waals surface area contributed by atoms with Crippen LogP contribution in [0, 0.1) is 12.8 Å². The van der Waals surface area contributed by atoms with Crippen molar-refractivity contribution in [3.63, 3.8) is 0 Å². The summed E-state index contributed by atoms with van der Waals surface area (Å²) >= 11 is 0. The van der Waals surface area contributed by atoms with Gasteiger partial charge in [-0.2, -0.15) is 0 Å². The highest BCUT2D eigenvalue weighted by Gasteiger charge is 2.35. The van der Waals surface area contributed by atoms with Gasteiger partial charge in [0.15, 0.2) is 0 Å². The summed E-state index contributed by atoms with van der Waals surface area (Å²) in [6, 6.07) is 16.0. The first kappa shape index (κ1) is 21.8. The first-order chi connectivity index (χ1) is 16.1. The average Bonchev–Trinajstić information content (AvgIpc) is 3.70. The molecule has 1 saturated carbocycles. The van der Waals surface area contributed by atoms with E-state index in [1.165, 1.54) is 11.3 Å². The Morgan fingerprint density at radius 1 is 0.788 bits per heavy atom. The number of ether oxygens (including phenoxy) is 1. The van der Waals surface area contributed by atoms with Gasteiger partial charge in [0, 0.05) is 69.3 Å². The lowest BCUT2D eigenvalue weighted by molar-refractivity contribution is -0.134. The minimum atomic E-state index is 0.0814. The lowest BCUT2D eigenvalue weighted by Crippen LogP contribution is -2.49. The van der Waals surface area contributed by atoms with E-state index in [2.05, 4.69) is 36.1 Å². The number of anilines is 1. The van der Waals surface area contributed by atoms with Crippen molar-refractivity contribution in [3.05, 3.63) is 59.7 Å². The Balaban J connectivity index is 1.11. The van der Waals surface area contributed by atoms with Gasteiger partial charge in [0.1, 0.15) is 11.9 Å². The minimum absolute atomic E-state index is 0.0814. The Labute approximate surface area is 196 Å². The van der Waals surface area contributed by atoms with Crippen molar-refractivity contribution in [2.45, 2.75) is 38.7 Å². The average molecular weight is 448 g/mol. The zero-order valence-electron chi connectivity index (χ0n) is 19.4. The Morgan fingerprint density at radius 2 is 1.45 bits per heavy atom. The summed E-state index contributed by atoms with van der Waals surface area (Å²) in [6.07, 6.45) is 3.98. The van der Waals surface area contributed by atoms with Crippen LogP contribution < -0.4 is 9.64 Å². The van der Waals surface area contributed by atoms with Gasteiger partial charge in [-0.3, -0.25) is 9.59 Å². The molecule has 33 heavy (non-hydrogen) atoms. The lowest BCUT2D eigenvalue weighted by atomic mass is 10.1. The third-order valence-corrected chi connectivity index (χ3v) is 7.11. The van der Waals surface area contributed by atoms with Gasteiger partial charge in [-0.1, -0.05) is 18.2 Å². The number of para-hydroxylation sites is 1. The van der Waals surface area contributed by atoms with Crippen molar-refractivity contribution in [1.29, 1.82) is 0 Å². The summed E-state index contributed by atoms with van der Waals surface area (Å²) in [5.41, 5.74) is 3.23. The quantitative estimate of drug-likeness (QED) is 0.701. The van der Waals surface area contributed by atoms with Crippen LogP contribution in [0.3, 0.4) is 0 Å². The van der Waals surface area contributed by atoms with Gasteiger partial charge in [0.2, 0.25) is 5.91 Å². The smallest absolute Gasteiger partial charge is 0.253 e. The molecule has 1 aliphatic carbocycles. The molecule has 0 unspecified atom stereocenters. The first-order valence-electron chi connectivity index (χ1n) is 12.2. The highest BCUT2D eigenvalue weighted by molar-refractivity contribution is 5.94. The Bertz CT molecular complexity index is 986. The molecule has 2 aliphatic heterocycles. The van der Waals surface area contributed by atoms with Crippen LogP contribution in [0.2, 0.25) is 0 Å². The molecule has 0 atom stereocenters. The molecule has 0 spiro atoms. The topological polar surface area (TPSA) is 53.1 Å². The third kappa shape index (κ3) is 5.00. The fourth-order valence-electron chi connectivity index (χ4n) is 4.90. The maximum atomic E-state index is 13.0.